The van der Waals surface area contributed by atoms with Crippen molar-refractivity contribution in [3.05, 3.63) is 48.0 Å². The molecule has 6 heteroatoms. The van der Waals surface area contributed by atoms with E-state index in [1.54, 1.807) is 14.2 Å². The van der Waals surface area contributed by atoms with Crippen molar-refractivity contribution in [3.63, 3.8) is 0 Å². The summed E-state index contributed by atoms with van der Waals surface area (Å²) in [7, 11) is 3.29. The zero-order valence-electron chi connectivity index (χ0n) is 18.5. The van der Waals surface area contributed by atoms with E-state index in [0.717, 1.165) is 50.1 Å². The molecule has 0 spiro atoms. The minimum absolute atomic E-state index is 0.0269. The third kappa shape index (κ3) is 4.58. The number of hydrogen-bond acceptors (Lipinski definition) is 5. The van der Waals surface area contributed by atoms with Crippen LogP contribution in [-0.2, 0) is 11.2 Å². The Labute approximate surface area is 184 Å². The number of rotatable bonds is 6. The molecule has 1 amide bonds. The summed E-state index contributed by atoms with van der Waals surface area (Å²) in [6, 6.07) is 13.7. The van der Waals surface area contributed by atoms with Gasteiger partial charge in [-0.25, -0.2) is 0 Å². The quantitative estimate of drug-likeness (QED) is 0.693. The number of carbonyl (C=O) groups is 1. The number of para-hydroxylation sites is 2. The summed E-state index contributed by atoms with van der Waals surface area (Å²) < 4.78 is 22.8. The number of amides is 1. The van der Waals surface area contributed by atoms with Crippen LogP contribution in [0.25, 0.3) is 0 Å². The third-order valence-electron chi connectivity index (χ3n) is 6.21. The monoisotopic (exact) mass is 425 g/mol. The Morgan fingerprint density at radius 2 is 1.77 bits per heavy atom. The van der Waals surface area contributed by atoms with Gasteiger partial charge in [-0.2, -0.15) is 0 Å². The van der Waals surface area contributed by atoms with Crippen LogP contribution in [0.2, 0.25) is 0 Å². The number of methoxy groups -OCH3 is 2. The van der Waals surface area contributed by atoms with Gasteiger partial charge in [-0.15, -0.1) is 0 Å². The predicted octanol–water partition coefficient (Wildman–Crippen LogP) is 4.25. The number of fused-ring (bicyclic) bond motifs is 1. The fourth-order valence-electron chi connectivity index (χ4n) is 4.51. The molecule has 3 atom stereocenters. The molecule has 31 heavy (non-hydrogen) atoms. The molecule has 0 radical (unpaired) electrons. The number of likely N-dealkylation sites (tertiary alicyclic amines) is 1. The summed E-state index contributed by atoms with van der Waals surface area (Å²) in [5.74, 6) is 2.82. The minimum Gasteiger partial charge on any atom is -0.493 e. The Bertz CT molecular complexity index is 915. The molecule has 6 nitrogen and oxygen atoms in total. The Morgan fingerprint density at radius 1 is 1.03 bits per heavy atom. The van der Waals surface area contributed by atoms with Gasteiger partial charge in [0, 0.05) is 12.6 Å². The fourth-order valence-corrected chi connectivity index (χ4v) is 4.51. The maximum absolute atomic E-state index is 13.5. The van der Waals surface area contributed by atoms with E-state index in [0.29, 0.717) is 11.5 Å². The number of carbonyl (C=O) groups excluding carboxylic acids is 1. The SMILES string of the molecule is COc1ccc(CCC2CCCCN2C(=O)C2Oc3ccccc3OC2C)cc1OC. The van der Waals surface area contributed by atoms with Gasteiger partial charge in [-0.3, -0.25) is 4.79 Å². The molecular weight excluding hydrogens is 394 g/mol. The molecule has 4 rings (SSSR count). The maximum Gasteiger partial charge on any atom is 0.267 e. The number of piperidine rings is 1. The van der Waals surface area contributed by atoms with Gasteiger partial charge in [-0.1, -0.05) is 18.2 Å². The summed E-state index contributed by atoms with van der Waals surface area (Å²) in [4.78, 5) is 15.5. The van der Waals surface area contributed by atoms with Gasteiger partial charge in [0.15, 0.2) is 23.0 Å². The Kier molecular flexibility index (Phi) is 6.54. The second-order valence-electron chi connectivity index (χ2n) is 8.22. The zero-order chi connectivity index (χ0) is 21.8. The first-order chi connectivity index (χ1) is 15.1. The molecule has 0 N–H and O–H groups in total. The van der Waals surface area contributed by atoms with Gasteiger partial charge in [0.1, 0.15) is 6.10 Å². The molecule has 2 aromatic carbocycles. The molecule has 0 aromatic heterocycles. The lowest BCUT2D eigenvalue weighted by molar-refractivity contribution is -0.148. The van der Waals surface area contributed by atoms with Crippen molar-refractivity contribution >= 4 is 5.91 Å². The number of nitrogens with zero attached hydrogens (tertiary/aromatic N) is 1. The van der Waals surface area contributed by atoms with Crippen LogP contribution in [0.3, 0.4) is 0 Å². The predicted molar refractivity (Wildman–Crippen MR) is 118 cm³/mol. The lowest BCUT2D eigenvalue weighted by Crippen LogP contribution is -2.54. The van der Waals surface area contributed by atoms with Crippen molar-refractivity contribution < 1.29 is 23.7 Å². The summed E-state index contributed by atoms with van der Waals surface area (Å²) in [6.45, 7) is 2.67. The lowest BCUT2D eigenvalue weighted by atomic mass is 9.94. The van der Waals surface area contributed by atoms with Gasteiger partial charge >= 0.3 is 0 Å². The van der Waals surface area contributed by atoms with E-state index in [4.69, 9.17) is 18.9 Å². The van der Waals surface area contributed by atoms with Gasteiger partial charge in [-0.05, 0) is 68.9 Å². The molecule has 166 valence electrons. The maximum atomic E-state index is 13.5. The fraction of sp³-hybridized carbons (Fsp3) is 0.480. The Hall–Kier alpha value is -2.89. The molecule has 0 aliphatic carbocycles. The Balaban J connectivity index is 1.44. The van der Waals surface area contributed by atoms with Gasteiger partial charge in [0.2, 0.25) is 6.10 Å². The molecule has 0 saturated carbocycles. The second kappa shape index (κ2) is 9.50. The van der Waals surface area contributed by atoms with Crippen LogP contribution < -0.4 is 18.9 Å². The molecule has 1 saturated heterocycles. The highest BCUT2D eigenvalue weighted by molar-refractivity contribution is 5.83. The van der Waals surface area contributed by atoms with E-state index in [9.17, 15) is 4.79 Å². The van der Waals surface area contributed by atoms with E-state index in [1.807, 2.05) is 48.2 Å². The third-order valence-corrected chi connectivity index (χ3v) is 6.21. The van der Waals surface area contributed by atoms with Gasteiger partial charge in [0.25, 0.3) is 5.91 Å². The van der Waals surface area contributed by atoms with Crippen molar-refractivity contribution in [1.29, 1.82) is 0 Å². The van der Waals surface area contributed by atoms with E-state index in [-0.39, 0.29) is 18.1 Å². The van der Waals surface area contributed by atoms with E-state index in [2.05, 4.69) is 6.07 Å². The van der Waals surface area contributed by atoms with Crippen LogP contribution in [0.5, 0.6) is 23.0 Å². The molecule has 2 heterocycles. The largest absolute Gasteiger partial charge is 0.493 e. The smallest absolute Gasteiger partial charge is 0.267 e. The first-order valence-corrected chi connectivity index (χ1v) is 11.0. The van der Waals surface area contributed by atoms with Crippen molar-refractivity contribution in [3.8, 4) is 23.0 Å². The number of hydrogen-bond donors (Lipinski definition) is 0. The first kappa shape index (κ1) is 21.3. The Morgan fingerprint density at radius 3 is 2.52 bits per heavy atom. The van der Waals surface area contributed by atoms with Crippen LogP contribution >= 0.6 is 0 Å². The highest BCUT2D eigenvalue weighted by Crippen LogP contribution is 2.35. The van der Waals surface area contributed by atoms with Crippen molar-refractivity contribution in [2.75, 3.05) is 20.8 Å². The summed E-state index contributed by atoms with van der Waals surface area (Å²) >= 11 is 0. The number of benzene rings is 2. The molecule has 0 bridgehead atoms. The number of ether oxygens (including phenoxy) is 4. The van der Waals surface area contributed by atoms with E-state index in [1.165, 1.54) is 5.56 Å². The van der Waals surface area contributed by atoms with Crippen LogP contribution in [0.4, 0.5) is 0 Å². The first-order valence-electron chi connectivity index (χ1n) is 11.0. The summed E-state index contributed by atoms with van der Waals surface area (Å²) in [6.07, 6.45) is 4.01. The topological polar surface area (TPSA) is 57.2 Å². The van der Waals surface area contributed by atoms with Crippen molar-refractivity contribution in [2.24, 2.45) is 0 Å². The molecule has 2 aliphatic rings. The summed E-state index contributed by atoms with van der Waals surface area (Å²) in [5.41, 5.74) is 1.18. The molecular formula is C25H31NO5. The standard InChI is InChI=1S/C25H31NO5/c1-17-24(31-22-10-5-4-9-21(22)30-17)25(27)26-15-7-6-8-19(26)13-11-18-12-14-20(28-2)23(16-18)29-3/h4-5,9-10,12,14,16-17,19,24H,6-8,11,13,15H2,1-3H3. The van der Waals surface area contributed by atoms with E-state index >= 15 is 0 Å². The van der Waals surface area contributed by atoms with Gasteiger partial charge in [0.05, 0.1) is 14.2 Å². The highest BCUT2D eigenvalue weighted by atomic mass is 16.6. The minimum atomic E-state index is -0.614. The van der Waals surface area contributed by atoms with Crippen LogP contribution in [-0.4, -0.2) is 49.8 Å². The summed E-state index contributed by atoms with van der Waals surface area (Å²) in [5, 5.41) is 0. The average Bonchev–Trinajstić information content (AvgIpc) is 2.81. The van der Waals surface area contributed by atoms with Gasteiger partial charge < -0.3 is 23.8 Å². The number of aryl methyl sites for hydroxylation is 1. The normalized spacial score (nSPS) is 22.7. The highest BCUT2D eigenvalue weighted by Gasteiger charge is 2.39. The molecule has 3 unspecified atom stereocenters. The van der Waals surface area contributed by atoms with Crippen LogP contribution in [0.1, 0.15) is 38.2 Å². The second-order valence-corrected chi connectivity index (χ2v) is 8.22. The van der Waals surface area contributed by atoms with Crippen molar-refractivity contribution in [2.45, 2.75) is 57.3 Å². The van der Waals surface area contributed by atoms with E-state index < -0.39 is 6.10 Å². The molecule has 1 fully saturated rings. The van der Waals surface area contributed by atoms with Crippen molar-refractivity contribution in [1.82, 2.24) is 4.90 Å². The molecule has 2 aliphatic heterocycles. The lowest BCUT2D eigenvalue weighted by Gasteiger charge is -2.40. The average molecular weight is 426 g/mol. The zero-order valence-corrected chi connectivity index (χ0v) is 18.5. The van der Waals surface area contributed by atoms with Crippen LogP contribution in [0, 0.1) is 0 Å². The molecule has 2 aromatic rings. The van der Waals surface area contributed by atoms with Crippen LogP contribution in [0.15, 0.2) is 42.5 Å².